The molecule has 0 aromatic heterocycles. The molecule has 0 fully saturated rings. The molecule has 4 heteroatoms. The van der Waals surface area contributed by atoms with Crippen LogP contribution in [-0.4, -0.2) is 44.4 Å². The Morgan fingerprint density at radius 2 is 1.69 bits per heavy atom. The van der Waals surface area contributed by atoms with E-state index in [1.807, 2.05) is 0 Å². The topological polar surface area (TPSA) is 30.5 Å². The lowest BCUT2D eigenvalue weighted by molar-refractivity contribution is 0.104. The number of rotatable bonds is 13. The molecule has 0 amide bonds. The van der Waals surface area contributed by atoms with Crippen LogP contribution in [0.2, 0.25) is 0 Å². The second kappa shape index (κ2) is 15.6. The van der Waals surface area contributed by atoms with Crippen molar-refractivity contribution in [3.05, 3.63) is 0 Å². The van der Waals surface area contributed by atoms with E-state index in [-0.39, 0.29) is 0 Å². The summed E-state index contributed by atoms with van der Waals surface area (Å²) in [6, 6.07) is 0. The summed E-state index contributed by atoms with van der Waals surface area (Å²) in [6.45, 7) is 4.52. The molecule has 0 aliphatic carbocycles. The van der Waals surface area contributed by atoms with E-state index in [9.17, 15) is 0 Å². The Labute approximate surface area is 114 Å². The van der Waals surface area contributed by atoms with Crippen LogP contribution in [0.3, 0.4) is 0 Å². The molecule has 16 heavy (non-hydrogen) atoms. The molecule has 3 nitrogen and oxygen atoms in total. The predicted molar refractivity (Wildman–Crippen MR) is 77.5 cm³/mol. The lowest BCUT2D eigenvalue weighted by atomic mass is 10.2. The monoisotopic (exact) mass is 343 g/mol. The third-order valence-corrected chi connectivity index (χ3v) is 3.06. The molecular formula is C12H26INO2. The van der Waals surface area contributed by atoms with Crippen molar-refractivity contribution in [3.63, 3.8) is 0 Å². The standard InChI is InChI=1S/C12H26INO2/c1-15-10-6-11-16-12-9-14-8-5-3-2-4-7-13/h14H,2-12H2,1H3. The Kier molecular flexibility index (Phi) is 16.2. The third kappa shape index (κ3) is 14.6. The number of nitrogens with one attached hydrogen (secondary N) is 1. The predicted octanol–water partition coefficient (Wildman–Crippen LogP) is 2.62. The molecule has 0 saturated carbocycles. The first-order valence-corrected chi connectivity index (χ1v) is 7.77. The molecule has 0 radical (unpaired) electrons. The van der Waals surface area contributed by atoms with Crippen LogP contribution in [0.4, 0.5) is 0 Å². The summed E-state index contributed by atoms with van der Waals surface area (Å²) < 4.78 is 11.7. The van der Waals surface area contributed by atoms with Crippen LogP contribution in [0, 0.1) is 0 Å². The number of hydrogen-bond acceptors (Lipinski definition) is 3. The summed E-state index contributed by atoms with van der Waals surface area (Å²) in [5, 5.41) is 3.40. The molecule has 98 valence electrons. The molecule has 1 N–H and O–H groups in total. The molecular weight excluding hydrogens is 317 g/mol. The van der Waals surface area contributed by atoms with Gasteiger partial charge in [-0.25, -0.2) is 0 Å². The van der Waals surface area contributed by atoms with E-state index in [1.54, 1.807) is 7.11 Å². The number of halogens is 1. The van der Waals surface area contributed by atoms with E-state index in [0.29, 0.717) is 0 Å². The molecule has 0 aromatic rings. The van der Waals surface area contributed by atoms with Gasteiger partial charge in [-0.15, -0.1) is 0 Å². The fraction of sp³-hybridized carbons (Fsp3) is 1.00. The Morgan fingerprint density at radius 3 is 2.44 bits per heavy atom. The highest BCUT2D eigenvalue weighted by Gasteiger charge is 1.91. The van der Waals surface area contributed by atoms with Gasteiger partial charge in [0.1, 0.15) is 0 Å². The number of alkyl halides is 1. The molecule has 0 spiro atoms. The first-order valence-electron chi connectivity index (χ1n) is 6.25. The van der Waals surface area contributed by atoms with Crippen molar-refractivity contribution < 1.29 is 9.47 Å². The van der Waals surface area contributed by atoms with Gasteiger partial charge in [0.05, 0.1) is 6.61 Å². The largest absolute Gasteiger partial charge is 0.385 e. The van der Waals surface area contributed by atoms with Crippen LogP contribution in [0.5, 0.6) is 0 Å². The fourth-order valence-electron chi connectivity index (χ4n) is 1.37. The van der Waals surface area contributed by atoms with Gasteiger partial charge in [0.25, 0.3) is 0 Å². The molecule has 0 aliphatic rings. The summed E-state index contributed by atoms with van der Waals surface area (Å²) in [5.41, 5.74) is 0. The molecule has 0 heterocycles. The number of ether oxygens (including phenoxy) is 2. The Bertz CT molecular complexity index is 112. The van der Waals surface area contributed by atoms with Crippen LogP contribution >= 0.6 is 22.6 Å². The second-order valence-electron chi connectivity index (χ2n) is 3.81. The minimum atomic E-state index is 0.796. The summed E-state index contributed by atoms with van der Waals surface area (Å²) >= 11 is 2.44. The lowest BCUT2D eigenvalue weighted by Crippen LogP contribution is -2.21. The number of hydrogen-bond donors (Lipinski definition) is 1. The first kappa shape index (κ1) is 16.6. The highest BCUT2D eigenvalue weighted by Crippen LogP contribution is 2.00. The number of methoxy groups -OCH3 is 1. The SMILES string of the molecule is COCCCOCCNCCCCCCI. The first-order chi connectivity index (χ1) is 7.91. The molecule has 0 rings (SSSR count). The minimum Gasteiger partial charge on any atom is -0.385 e. The fourth-order valence-corrected chi connectivity index (χ4v) is 1.91. The maximum Gasteiger partial charge on any atom is 0.0590 e. The van der Waals surface area contributed by atoms with Gasteiger partial charge in [-0.2, -0.15) is 0 Å². The zero-order chi connectivity index (χ0) is 11.9. The van der Waals surface area contributed by atoms with Crippen LogP contribution in [0.15, 0.2) is 0 Å². The minimum absolute atomic E-state index is 0.796. The van der Waals surface area contributed by atoms with Gasteiger partial charge >= 0.3 is 0 Å². The Balaban J connectivity index is 2.83. The van der Waals surface area contributed by atoms with Gasteiger partial charge in [-0.05, 0) is 30.2 Å². The van der Waals surface area contributed by atoms with Crippen molar-refractivity contribution in [2.45, 2.75) is 32.1 Å². The van der Waals surface area contributed by atoms with E-state index < -0.39 is 0 Å². The zero-order valence-electron chi connectivity index (χ0n) is 10.5. The van der Waals surface area contributed by atoms with Crippen LogP contribution in [-0.2, 0) is 9.47 Å². The highest BCUT2D eigenvalue weighted by molar-refractivity contribution is 14.1. The normalized spacial score (nSPS) is 10.9. The average molecular weight is 343 g/mol. The van der Waals surface area contributed by atoms with E-state index in [2.05, 4.69) is 27.9 Å². The van der Waals surface area contributed by atoms with Gasteiger partial charge in [-0.3, -0.25) is 0 Å². The molecule has 0 saturated heterocycles. The zero-order valence-corrected chi connectivity index (χ0v) is 12.6. The molecule has 0 aliphatic heterocycles. The molecule has 0 atom stereocenters. The van der Waals surface area contributed by atoms with Gasteiger partial charge < -0.3 is 14.8 Å². The maximum absolute atomic E-state index is 5.44. The molecule has 0 aromatic carbocycles. The Morgan fingerprint density at radius 1 is 0.875 bits per heavy atom. The van der Waals surface area contributed by atoms with Crippen LogP contribution < -0.4 is 5.32 Å². The lowest BCUT2D eigenvalue weighted by Gasteiger charge is -2.05. The van der Waals surface area contributed by atoms with Crippen molar-refractivity contribution in [2.75, 3.05) is 44.4 Å². The van der Waals surface area contributed by atoms with Gasteiger partial charge in [0.15, 0.2) is 0 Å². The van der Waals surface area contributed by atoms with Gasteiger partial charge in [0, 0.05) is 26.9 Å². The van der Waals surface area contributed by atoms with E-state index in [1.165, 1.54) is 30.1 Å². The van der Waals surface area contributed by atoms with Crippen molar-refractivity contribution in [3.8, 4) is 0 Å². The summed E-state index contributed by atoms with van der Waals surface area (Å²) in [5.74, 6) is 0. The summed E-state index contributed by atoms with van der Waals surface area (Å²) in [7, 11) is 1.72. The average Bonchev–Trinajstić information content (AvgIpc) is 2.31. The van der Waals surface area contributed by atoms with E-state index >= 15 is 0 Å². The van der Waals surface area contributed by atoms with Crippen molar-refractivity contribution in [1.29, 1.82) is 0 Å². The van der Waals surface area contributed by atoms with Crippen molar-refractivity contribution >= 4 is 22.6 Å². The summed E-state index contributed by atoms with van der Waals surface area (Å²) in [6.07, 6.45) is 6.37. The van der Waals surface area contributed by atoms with Crippen molar-refractivity contribution in [1.82, 2.24) is 5.32 Å². The molecule has 0 unspecified atom stereocenters. The highest BCUT2D eigenvalue weighted by atomic mass is 127. The number of unbranched alkanes of at least 4 members (excludes halogenated alkanes) is 3. The van der Waals surface area contributed by atoms with Crippen LogP contribution in [0.25, 0.3) is 0 Å². The van der Waals surface area contributed by atoms with E-state index in [0.717, 1.165) is 39.3 Å². The van der Waals surface area contributed by atoms with Crippen molar-refractivity contribution in [2.24, 2.45) is 0 Å². The van der Waals surface area contributed by atoms with Gasteiger partial charge in [0.2, 0.25) is 0 Å². The smallest absolute Gasteiger partial charge is 0.0590 e. The maximum atomic E-state index is 5.44. The van der Waals surface area contributed by atoms with Gasteiger partial charge in [-0.1, -0.05) is 35.4 Å². The quantitative estimate of drug-likeness (QED) is 0.317. The Hall–Kier alpha value is 0.610. The molecule has 0 bridgehead atoms. The second-order valence-corrected chi connectivity index (χ2v) is 4.89. The van der Waals surface area contributed by atoms with E-state index in [4.69, 9.17) is 9.47 Å². The van der Waals surface area contributed by atoms with Crippen LogP contribution in [0.1, 0.15) is 32.1 Å². The third-order valence-electron chi connectivity index (χ3n) is 2.30. The summed E-state index contributed by atoms with van der Waals surface area (Å²) in [4.78, 5) is 0.